The van der Waals surface area contributed by atoms with Crippen LogP contribution in [0.2, 0.25) is 0 Å². The number of benzene rings is 1. The molecule has 1 rings (SSSR count). The summed E-state index contributed by atoms with van der Waals surface area (Å²) in [5.74, 6) is -0.119. The van der Waals surface area contributed by atoms with Crippen molar-refractivity contribution in [3.8, 4) is 5.75 Å². The molecule has 0 saturated heterocycles. The molecule has 0 heterocycles. The number of methoxy groups -OCH3 is 1. The lowest BCUT2D eigenvalue weighted by atomic mass is 10.1. The van der Waals surface area contributed by atoms with E-state index in [1.165, 1.54) is 13.2 Å². The standard InChI is InChI=1S/C9H12FNO.ClH/c1-6(11)7-3-4-8(10)9(5-7)12-2;/h3-6H,11H2,1-2H3;1H. The van der Waals surface area contributed by atoms with Gasteiger partial charge in [-0.3, -0.25) is 0 Å². The lowest BCUT2D eigenvalue weighted by Crippen LogP contribution is -2.05. The van der Waals surface area contributed by atoms with Gasteiger partial charge in [0.05, 0.1) is 7.11 Å². The van der Waals surface area contributed by atoms with E-state index < -0.39 is 0 Å². The minimum atomic E-state index is -0.359. The SMILES string of the molecule is COc1cc(C(C)N)ccc1F.Cl. The summed E-state index contributed by atoms with van der Waals surface area (Å²) in [4.78, 5) is 0. The molecule has 0 fully saturated rings. The van der Waals surface area contributed by atoms with E-state index in [9.17, 15) is 4.39 Å². The van der Waals surface area contributed by atoms with E-state index in [-0.39, 0.29) is 30.0 Å². The molecular weight excluding hydrogens is 193 g/mol. The lowest BCUT2D eigenvalue weighted by Gasteiger charge is -2.07. The Morgan fingerprint density at radius 3 is 2.54 bits per heavy atom. The molecule has 0 saturated carbocycles. The van der Waals surface area contributed by atoms with Gasteiger partial charge in [0.15, 0.2) is 11.6 Å². The molecule has 13 heavy (non-hydrogen) atoms. The smallest absolute Gasteiger partial charge is 0.165 e. The van der Waals surface area contributed by atoms with E-state index in [0.717, 1.165) is 5.56 Å². The van der Waals surface area contributed by atoms with Crippen molar-refractivity contribution in [2.75, 3.05) is 7.11 Å². The van der Waals surface area contributed by atoms with Crippen molar-refractivity contribution in [1.29, 1.82) is 0 Å². The fourth-order valence-corrected chi connectivity index (χ4v) is 0.960. The average molecular weight is 206 g/mol. The quantitative estimate of drug-likeness (QED) is 0.804. The molecule has 2 N–H and O–H groups in total. The second-order valence-corrected chi connectivity index (χ2v) is 2.68. The van der Waals surface area contributed by atoms with Gasteiger partial charge in [0.1, 0.15) is 0 Å². The highest BCUT2D eigenvalue weighted by molar-refractivity contribution is 5.85. The van der Waals surface area contributed by atoms with Crippen molar-refractivity contribution in [2.45, 2.75) is 13.0 Å². The van der Waals surface area contributed by atoms with E-state index in [4.69, 9.17) is 10.5 Å². The fraction of sp³-hybridized carbons (Fsp3) is 0.333. The summed E-state index contributed by atoms with van der Waals surface area (Å²) >= 11 is 0. The van der Waals surface area contributed by atoms with E-state index in [2.05, 4.69) is 0 Å². The van der Waals surface area contributed by atoms with Crippen molar-refractivity contribution < 1.29 is 9.13 Å². The Kier molecular flexibility index (Phi) is 4.73. The van der Waals surface area contributed by atoms with Crippen molar-refractivity contribution in [2.24, 2.45) is 5.73 Å². The van der Waals surface area contributed by atoms with Crippen LogP contribution in [0.4, 0.5) is 4.39 Å². The van der Waals surface area contributed by atoms with Crippen LogP contribution in [0.3, 0.4) is 0 Å². The Morgan fingerprint density at radius 1 is 1.46 bits per heavy atom. The van der Waals surface area contributed by atoms with Gasteiger partial charge in [0.25, 0.3) is 0 Å². The van der Waals surface area contributed by atoms with Crippen molar-refractivity contribution in [1.82, 2.24) is 0 Å². The maximum absolute atomic E-state index is 12.9. The number of halogens is 2. The molecule has 0 aliphatic heterocycles. The molecule has 1 unspecified atom stereocenters. The highest BCUT2D eigenvalue weighted by Gasteiger charge is 2.05. The Labute approximate surface area is 83.3 Å². The molecule has 0 aliphatic carbocycles. The molecule has 1 aromatic carbocycles. The topological polar surface area (TPSA) is 35.2 Å². The zero-order valence-electron chi connectivity index (χ0n) is 7.58. The van der Waals surface area contributed by atoms with Crippen LogP contribution in [-0.2, 0) is 0 Å². The van der Waals surface area contributed by atoms with Gasteiger partial charge in [-0.1, -0.05) is 6.07 Å². The van der Waals surface area contributed by atoms with Crippen LogP contribution < -0.4 is 10.5 Å². The van der Waals surface area contributed by atoms with Crippen LogP contribution in [0.25, 0.3) is 0 Å². The van der Waals surface area contributed by atoms with Crippen LogP contribution in [-0.4, -0.2) is 7.11 Å². The summed E-state index contributed by atoms with van der Waals surface area (Å²) < 4.78 is 17.7. The highest BCUT2D eigenvalue weighted by Crippen LogP contribution is 2.20. The number of nitrogens with two attached hydrogens (primary N) is 1. The summed E-state index contributed by atoms with van der Waals surface area (Å²) in [5.41, 5.74) is 6.48. The van der Waals surface area contributed by atoms with Crippen molar-refractivity contribution >= 4 is 12.4 Å². The third-order valence-electron chi connectivity index (χ3n) is 1.70. The molecule has 0 aliphatic rings. The van der Waals surface area contributed by atoms with E-state index in [1.807, 2.05) is 6.92 Å². The summed E-state index contributed by atoms with van der Waals surface area (Å²) in [6.07, 6.45) is 0. The fourth-order valence-electron chi connectivity index (χ4n) is 0.960. The van der Waals surface area contributed by atoms with Crippen LogP contribution in [0, 0.1) is 5.82 Å². The first-order valence-electron chi connectivity index (χ1n) is 3.74. The molecule has 74 valence electrons. The van der Waals surface area contributed by atoms with Crippen LogP contribution in [0.15, 0.2) is 18.2 Å². The Bertz CT molecular complexity index is 278. The summed E-state index contributed by atoms with van der Waals surface area (Å²) in [5, 5.41) is 0. The molecule has 0 spiro atoms. The predicted molar refractivity (Wildman–Crippen MR) is 52.8 cm³/mol. The van der Waals surface area contributed by atoms with E-state index in [0.29, 0.717) is 0 Å². The maximum Gasteiger partial charge on any atom is 0.165 e. The molecule has 1 atom stereocenters. The third kappa shape index (κ3) is 2.86. The van der Waals surface area contributed by atoms with Gasteiger partial charge in [-0.05, 0) is 24.6 Å². The highest BCUT2D eigenvalue weighted by atomic mass is 35.5. The molecule has 0 amide bonds. The largest absolute Gasteiger partial charge is 0.494 e. The van der Waals surface area contributed by atoms with Gasteiger partial charge in [0.2, 0.25) is 0 Å². The van der Waals surface area contributed by atoms with Crippen LogP contribution >= 0.6 is 12.4 Å². The number of ether oxygens (including phenoxy) is 1. The van der Waals surface area contributed by atoms with Gasteiger partial charge >= 0.3 is 0 Å². The minimum Gasteiger partial charge on any atom is -0.494 e. The second-order valence-electron chi connectivity index (χ2n) is 2.68. The minimum absolute atomic E-state index is 0. The molecule has 4 heteroatoms. The van der Waals surface area contributed by atoms with Gasteiger partial charge in [-0.2, -0.15) is 0 Å². The Hall–Kier alpha value is -0.800. The van der Waals surface area contributed by atoms with E-state index >= 15 is 0 Å². The van der Waals surface area contributed by atoms with Gasteiger partial charge in [-0.15, -0.1) is 12.4 Å². The third-order valence-corrected chi connectivity index (χ3v) is 1.70. The number of hydrogen-bond acceptors (Lipinski definition) is 2. The Morgan fingerprint density at radius 2 is 2.08 bits per heavy atom. The van der Waals surface area contributed by atoms with Crippen molar-refractivity contribution in [3.63, 3.8) is 0 Å². The number of hydrogen-bond donors (Lipinski definition) is 1. The monoisotopic (exact) mass is 205 g/mol. The Balaban J connectivity index is 0.00000144. The van der Waals surface area contributed by atoms with Gasteiger partial charge in [-0.25, -0.2) is 4.39 Å². The number of rotatable bonds is 2. The first kappa shape index (κ1) is 12.2. The summed E-state index contributed by atoms with van der Waals surface area (Å²) in [6, 6.07) is 4.53. The zero-order valence-corrected chi connectivity index (χ0v) is 8.40. The maximum atomic E-state index is 12.9. The molecule has 2 nitrogen and oxygen atoms in total. The average Bonchev–Trinajstić information content (AvgIpc) is 2.05. The summed E-state index contributed by atoms with van der Waals surface area (Å²) in [6.45, 7) is 1.84. The first-order valence-corrected chi connectivity index (χ1v) is 3.74. The first-order chi connectivity index (χ1) is 5.65. The van der Waals surface area contributed by atoms with Gasteiger partial charge < -0.3 is 10.5 Å². The second kappa shape index (κ2) is 5.04. The van der Waals surface area contributed by atoms with E-state index in [1.54, 1.807) is 12.1 Å². The lowest BCUT2D eigenvalue weighted by molar-refractivity contribution is 0.385. The molecular formula is C9H13ClFNO. The zero-order chi connectivity index (χ0) is 9.14. The summed E-state index contributed by atoms with van der Waals surface area (Å²) in [7, 11) is 1.43. The van der Waals surface area contributed by atoms with Gasteiger partial charge in [0, 0.05) is 6.04 Å². The molecule has 1 aromatic rings. The van der Waals surface area contributed by atoms with Crippen LogP contribution in [0.1, 0.15) is 18.5 Å². The molecule has 0 bridgehead atoms. The van der Waals surface area contributed by atoms with Crippen LogP contribution in [0.5, 0.6) is 5.75 Å². The normalized spacial score (nSPS) is 11.7. The molecule has 0 radical (unpaired) electrons. The van der Waals surface area contributed by atoms with Crippen molar-refractivity contribution in [3.05, 3.63) is 29.6 Å². The predicted octanol–water partition coefficient (Wildman–Crippen LogP) is 2.28. The molecule has 0 aromatic heterocycles.